The number of hydrogen-bond donors (Lipinski definition) is 2. The van der Waals surface area contributed by atoms with Crippen molar-refractivity contribution in [2.24, 2.45) is 17.1 Å². The lowest BCUT2D eigenvalue weighted by Crippen LogP contribution is -2.67. The molecular formula is C18H32N2O3. The first-order valence-corrected chi connectivity index (χ1v) is 9.42. The fraction of sp³-hybridized carbons (Fsp3) is 0.944. The summed E-state index contributed by atoms with van der Waals surface area (Å²) in [6.45, 7) is 4.27. The van der Waals surface area contributed by atoms with Gasteiger partial charge in [-0.15, -0.1) is 0 Å². The lowest BCUT2D eigenvalue weighted by molar-refractivity contribution is -0.158. The molecule has 1 heterocycles. The number of hydrogen-bond acceptors (Lipinski definition) is 4. The summed E-state index contributed by atoms with van der Waals surface area (Å²) in [6.07, 6.45) is 9.21. The summed E-state index contributed by atoms with van der Waals surface area (Å²) >= 11 is 0. The minimum absolute atomic E-state index is 0.0294. The van der Waals surface area contributed by atoms with Crippen molar-refractivity contribution in [2.45, 2.75) is 76.5 Å². The fourth-order valence-corrected chi connectivity index (χ4v) is 4.82. The summed E-state index contributed by atoms with van der Waals surface area (Å²) < 4.78 is 11.3. The maximum absolute atomic E-state index is 12.6. The van der Waals surface area contributed by atoms with Crippen LogP contribution in [0.1, 0.15) is 58.3 Å². The molecule has 2 aliphatic carbocycles. The Kier molecular flexibility index (Phi) is 5.60. The molecule has 0 radical (unpaired) electrons. The van der Waals surface area contributed by atoms with Crippen LogP contribution in [-0.4, -0.2) is 43.9 Å². The van der Waals surface area contributed by atoms with Crippen molar-refractivity contribution in [1.82, 2.24) is 5.32 Å². The van der Waals surface area contributed by atoms with Gasteiger partial charge in [-0.05, 0) is 44.9 Å². The predicted octanol–water partition coefficient (Wildman–Crippen LogP) is 1.98. The van der Waals surface area contributed by atoms with Gasteiger partial charge in [0.1, 0.15) is 0 Å². The van der Waals surface area contributed by atoms with Gasteiger partial charge in [0.25, 0.3) is 0 Å². The van der Waals surface area contributed by atoms with Gasteiger partial charge in [0, 0.05) is 31.3 Å². The highest BCUT2D eigenvalue weighted by atomic mass is 16.5. The monoisotopic (exact) mass is 324 g/mol. The van der Waals surface area contributed by atoms with E-state index in [0.29, 0.717) is 6.10 Å². The minimum atomic E-state index is -0.398. The molecule has 0 aromatic heterocycles. The van der Waals surface area contributed by atoms with E-state index in [-0.39, 0.29) is 23.3 Å². The van der Waals surface area contributed by atoms with Crippen molar-refractivity contribution in [1.29, 1.82) is 0 Å². The summed E-state index contributed by atoms with van der Waals surface area (Å²) in [5.41, 5.74) is 6.40. The van der Waals surface area contributed by atoms with E-state index in [4.69, 9.17) is 15.2 Å². The van der Waals surface area contributed by atoms with Crippen molar-refractivity contribution in [3.05, 3.63) is 0 Å². The Labute approximate surface area is 139 Å². The van der Waals surface area contributed by atoms with Crippen LogP contribution in [0.2, 0.25) is 0 Å². The third kappa shape index (κ3) is 3.42. The van der Waals surface area contributed by atoms with Crippen LogP contribution in [-0.2, 0) is 14.3 Å². The van der Waals surface area contributed by atoms with Crippen LogP contribution >= 0.6 is 0 Å². The number of carbonyl (C=O) groups excluding carboxylic acids is 1. The standard InChI is InChI=1S/C18H32N2O3/c1-2-23-15-12-14(18(15)8-4-3-5-9-18)20-17(21)16(19)13-6-10-22-11-7-13/h13-16H,2-12,19H2,1H3,(H,20,21). The molecule has 132 valence electrons. The van der Waals surface area contributed by atoms with Crippen LogP contribution in [0.15, 0.2) is 0 Å². The Hall–Kier alpha value is -0.650. The van der Waals surface area contributed by atoms with Gasteiger partial charge in [0.15, 0.2) is 0 Å². The second kappa shape index (κ2) is 7.49. The van der Waals surface area contributed by atoms with Gasteiger partial charge in [-0.2, -0.15) is 0 Å². The van der Waals surface area contributed by atoms with E-state index in [2.05, 4.69) is 12.2 Å². The van der Waals surface area contributed by atoms with Crippen molar-refractivity contribution in [3.63, 3.8) is 0 Å². The van der Waals surface area contributed by atoms with Crippen LogP contribution in [0, 0.1) is 11.3 Å². The molecule has 5 heteroatoms. The zero-order chi connectivity index (χ0) is 16.3. The molecule has 1 saturated heterocycles. The molecule has 0 aromatic carbocycles. The molecule has 0 bridgehead atoms. The number of amides is 1. The van der Waals surface area contributed by atoms with E-state index in [1.807, 2.05) is 0 Å². The van der Waals surface area contributed by atoms with Crippen LogP contribution < -0.4 is 11.1 Å². The average Bonchev–Trinajstić information content (AvgIpc) is 2.61. The van der Waals surface area contributed by atoms with Gasteiger partial charge in [0.05, 0.1) is 12.1 Å². The molecule has 2 saturated carbocycles. The first kappa shape index (κ1) is 17.2. The van der Waals surface area contributed by atoms with E-state index >= 15 is 0 Å². The Bertz CT molecular complexity index is 403. The summed E-state index contributed by atoms with van der Waals surface area (Å²) in [5, 5.41) is 3.28. The van der Waals surface area contributed by atoms with Crippen LogP contribution in [0.4, 0.5) is 0 Å². The number of ether oxygens (including phenoxy) is 2. The third-order valence-corrected chi connectivity index (χ3v) is 6.33. The van der Waals surface area contributed by atoms with Crippen LogP contribution in [0.25, 0.3) is 0 Å². The summed E-state index contributed by atoms with van der Waals surface area (Å²) in [4.78, 5) is 12.6. The van der Waals surface area contributed by atoms with Crippen molar-refractivity contribution < 1.29 is 14.3 Å². The molecule has 3 rings (SSSR count). The van der Waals surface area contributed by atoms with Crippen LogP contribution in [0.3, 0.4) is 0 Å². The fourth-order valence-electron chi connectivity index (χ4n) is 4.82. The number of nitrogens with two attached hydrogens (primary N) is 1. The predicted molar refractivity (Wildman–Crippen MR) is 89.0 cm³/mol. The minimum Gasteiger partial charge on any atom is -0.381 e. The summed E-state index contributed by atoms with van der Waals surface area (Å²) in [6, 6.07) is -0.150. The van der Waals surface area contributed by atoms with Gasteiger partial charge in [-0.3, -0.25) is 4.79 Å². The number of nitrogens with one attached hydrogen (secondary N) is 1. The van der Waals surface area contributed by atoms with E-state index in [0.717, 1.165) is 39.1 Å². The van der Waals surface area contributed by atoms with Gasteiger partial charge < -0.3 is 20.5 Å². The lowest BCUT2D eigenvalue weighted by atomic mass is 9.55. The molecule has 1 spiro atoms. The topological polar surface area (TPSA) is 73.6 Å². The molecular weight excluding hydrogens is 292 g/mol. The molecule has 1 aliphatic heterocycles. The number of carbonyl (C=O) groups is 1. The van der Waals surface area contributed by atoms with Crippen molar-refractivity contribution in [3.8, 4) is 0 Å². The first-order chi connectivity index (χ1) is 11.2. The Morgan fingerprint density at radius 3 is 2.65 bits per heavy atom. The zero-order valence-electron chi connectivity index (χ0n) is 14.4. The van der Waals surface area contributed by atoms with Gasteiger partial charge in [-0.25, -0.2) is 0 Å². The van der Waals surface area contributed by atoms with Gasteiger partial charge in [-0.1, -0.05) is 19.3 Å². The molecule has 5 nitrogen and oxygen atoms in total. The molecule has 3 fully saturated rings. The second-order valence-corrected chi connectivity index (χ2v) is 7.51. The van der Waals surface area contributed by atoms with Gasteiger partial charge in [0.2, 0.25) is 5.91 Å². The Morgan fingerprint density at radius 2 is 2.00 bits per heavy atom. The molecule has 3 unspecified atom stereocenters. The summed E-state index contributed by atoms with van der Waals surface area (Å²) in [7, 11) is 0. The molecule has 3 N–H and O–H groups in total. The van der Waals surface area contributed by atoms with E-state index < -0.39 is 6.04 Å². The molecule has 3 aliphatic rings. The van der Waals surface area contributed by atoms with E-state index in [1.54, 1.807) is 0 Å². The van der Waals surface area contributed by atoms with Crippen molar-refractivity contribution >= 4 is 5.91 Å². The van der Waals surface area contributed by atoms with Crippen molar-refractivity contribution in [2.75, 3.05) is 19.8 Å². The first-order valence-electron chi connectivity index (χ1n) is 9.42. The van der Waals surface area contributed by atoms with E-state index in [9.17, 15) is 4.79 Å². The van der Waals surface area contributed by atoms with E-state index in [1.165, 1.54) is 32.1 Å². The Balaban J connectivity index is 1.58. The highest BCUT2D eigenvalue weighted by Gasteiger charge is 2.56. The zero-order valence-corrected chi connectivity index (χ0v) is 14.4. The summed E-state index contributed by atoms with van der Waals surface area (Å²) in [5.74, 6) is 0.288. The highest BCUT2D eigenvalue weighted by molar-refractivity contribution is 5.82. The maximum atomic E-state index is 12.6. The smallest absolute Gasteiger partial charge is 0.237 e. The van der Waals surface area contributed by atoms with Gasteiger partial charge >= 0.3 is 0 Å². The molecule has 1 amide bonds. The SMILES string of the molecule is CCOC1CC(NC(=O)C(N)C2CCOCC2)C12CCCCC2. The largest absolute Gasteiger partial charge is 0.381 e. The average molecular weight is 324 g/mol. The molecule has 23 heavy (non-hydrogen) atoms. The maximum Gasteiger partial charge on any atom is 0.237 e. The molecule has 0 aromatic rings. The highest BCUT2D eigenvalue weighted by Crippen LogP contribution is 2.53. The third-order valence-electron chi connectivity index (χ3n) is 6.33. The lowest BCUT2D eigenvalue weighted by Gasteiger charge is -2.57. The number of rotatable bonds is 5. The Morgan fingerprint density at radius 1 is 1.30 bits per heavy atom. The van der Waals surface area contributed by atoms with Crippen LogP contribution in [0.5, 0.6) is 0 Å². The normalized spacial score (nSPS) is 32.3. The quantitative estimate of drug-likeness (QED) is 0.811. The molecule has 3 atom stereocenters. The second-order valence-electron chi connectivity index (χ2n) is 7.51.